The number of H-pyrrole nitrogens is 1. The van der Waals surface area contributed by atoms with Crippen LogP contribution in [-0.4, -0.2) is 34.6 Å². The molecule has 0 aromatic carbocycles. The quantitative estimate of drug-likeness (QED) is 0.830. The molecule has 1 aromatic rings. The molecule has 1 heterocycles. The van der Waals surface area contributed by atoms with Gasteiger partial charge in [-0.05, 0) is 25.2 Å². The van der Waals surface area contributed by atoms with Gasteiger partial charge in [0.1, 0.15) is 0 Å². The molecule has 17 heavy (non-hydrogen) atoms. The summed E-state index contributed by atoms with van der Waals surface area (Å²) >= 11 is 0. The van der Waals surface area contributed by atoms with Crippen molar-refractivity contribution in [1.82, 2.24) is 15.1 Å². The van der Waals surface area contributed by atoms with Crippen LogP contribution in [0, 0.1) is 5.92 Å². The van der Waals surface area contributed by atoms with Crippen LogP contribution in [0.4, 0.5) is 5.69 Å². The lowest BCUT2D eigenvalue weighted by molar-refractivity contribution is 0.0740. The summed E-state index contributed by atoms with van der Waals surface area (Å²) in [6.45, 7) is 2.79. The Morgan fingerprint density at radius 3 is 2.76 bits per heavy atom. The van der Waals surface area contributed by atoms with Gasteiger partial charge < -0.3 is 10.6 Å². The van der Waals surface area contributed by atoms with Crippen molar-refractivity contribution in [1.29, 1.82) is 0 Å². The number of aryl methyl sites for hydroxylation is 1. The van der Waals surface area contributed by atoms with Crippen molar-refractivity contribution < 1.29 is 4.79 Å². The molecule has 1 aromatic heterocycles. The molecule has 0 atom stereocenters. The predicted octanol–water partition coefficient (Wildman–Crippen LogP) is 1.43. The van der Waals surface area contributed by atoms with E-state index >= 15 is 0 Å². The van der Waals surface area contributed by atoms with E-state index in [0.29, 0.717) is 17.3 Å². The Morgan fingerprint density at radius 1 is 1.59 bits per heavy atom. The fourth-order valence-corrected chi connectivity index (χ4v) is 2.15. The second-order valence-electron chi connectivity index (χ2n) is 4.80. The maximum absolute atomic E-state index is 12.1. The van der Waals surface area contributed by atoms with Crippen molar-refractivity contribution in [2.75, 3.05) is 19.3 Å². The fourth-order valence-electron chi connectivity index (χ4n) is 2.15. The second kappa shape index (κ2) is 4.77. The number of anilines is 1. The number of nitrogen functional groups attached to an aromatic ring is 1. The van der Waals surface area contributed by atoms with Crippen molar-refractivity contribution in [3.8, 4) is 0 Å². The Hall–Kier alpha value is -1.52. The van der Waals surface area contributed by atoms with Crippen molar-refractivity contribution in [2.24, 2.45) is 5.92 Å². The molecular weight excluding hydrogens is 216 g/mol. The average Bonchev–Trinajstić information content (AvgIpc) is 2.63. The van der Waals surface area contributed by atoms with Gasteiger partial charge in [0.25, 0.3) is 5.91 Å². The summed E-state index contributed by atoms with van der Waals surface area (Å²) in [4.78, 5) is 13.9. The second-order valence-corrected chi connectivity index (χ2v) is 4.80. The maximum atomic E-state index is 12.1. The molecule has 1 saturated carbocycles. The molecule has 5 nitrogen and oxygen atoms in total. The van der Waals surface area contributed by atoms with E-state index in [1.165, 1.54) is 19.3 Å². The normalized spacial score (nSPS) is 15.6. The van der Waals surface area contributed by atoms with E-state index in [9.17, 15) is 4.79 Å². The molecular formula is C12H20N4O. The molecule has 0 unspecified atom stereocenters. The third kappa shape index (κ3) is 2.28. The SMILES string of the molecule is CCc1[nH]nc(C(=O)N(C)CC2CCC2)c1N. The summed E-state index contributed by atoms with van der Waals surface area (Å²) < 4.78 is 0. The Morgan fingerprint density at radius 2 is 2.29 bits per heavy atom. The van der Waals surface area contributed by atoms with Crippen molar-refractivity contribution in [2.45, 2.75) is 32.6 Å². The smallest absolute Gasteiger partial charge is 0.276 e. The molecule has 0 saturated heterocycles. The monoisotopic (exact) mass is 236 g/mol. The van der Waals surface area contributed by atoms with Crippen LogP contribution in [0.15, 0.2) is 0 Å². The topological polar surface area (TPSA) is 75.0 Å². The summed E-state index contributed by atoms with van der Waals surface area (Å²) in [6, 6.07) is 0. The van der Waals surface area contributed by atoms with E-state index in [2.05, 4.69) is 10.2 Å². The lowest BCUT2D eigenvalue weighted by Crippen LogP contribution is -2.34. The summed E-state index contributed by atoms with van der Waals surface area (Å²) in [5.41, 5.74) is 7.59. The molecule has 1 aliphatic rings. The first-order valence-electron chi connectivity index (χ1n) is 6.21. The van der Waals surface area contributed by atoms with Crippen LogP contribution in [0.1, 0.15) is 42.4 Å². The van der Waals surface area contributed by atoms with Crippen LogP contribution in [-0.2, 0) is 6.42 Å². The van der Waals surface area contributed by atoms with Gasteiger partial charge in [-0.25, -0.2) is 0 Å². The molecule has 1 amide bonds. The number of hydrogen-bond acceptors (Lipinski definition) is 3. The van der Waals surface area contributed by atoms with Crippen LogP contribution >= 0.6 is 0 Å². The van der Waals surface area contributed by atoms with Gasteiger partial charge >= 0.3 is 0 Å². The Labute approximate surface area is 101 Å². The van der Waals surface area contributed by atoms with Gasteiger partial charge in [0, 0.05) is 13.6 Å². The number of hydrogen-bond donors (Lipinski definition) is 2. The number of nitrogens with two attached hydrogens (primary N) is 1. The van der Waals surface area contributed by atoms with E-state index in [0.717, 1.165) is 18.7 Å². The van der Waals surface area contributed by atoms with Gasteiger partial charge in [0.2, 0.25) is 0 Å². The van der Waals surface area contributed by atoms with E-state index in [1.807, 2.05) is 14.0 Å². The van der Waals surface area contributed by atoms with Crippen LogP contribution in [0.25, 0.3) is 0 Å². The molecule has 5 heteroatoms. The minimum absolute atomic E-state index is 0.0784. The van der Waals surface area contributed by atoms with Crippen LogP contribution in [0.2, 0.25) is 0 Å². The first-order chi connectivity index (χ1) is 8.13. The largest absolute Gasteiger partial charge is 0.395 e. The van der Waals surface area contributed by atoms with Crippen LogP contribution in [0.5, 0.6) is 0 Å². The zero-order valence-electron chi connectivity index (χ0n) is 10.5. The molecule has 1 fully saturated rings. The highest BCUT2D eigenvalue weighted by molar-refractivity contribution is 5.97. The standard InChI is InChI=1S/C12H20N4O/c1-3-9-10(13)11(15-14-9)12(17)16(2)7-8-5-4-6-8/h8H,3-7,13H2,1-2H3,(H,14,15). The lowest BCUT2D eigenvalue weighted by atomic mass is 9.85. The highest BCUT2D eigenvalue weighted by Gasteiger charge is 2.24. The predicted molar refractivity (Wildman–Crippen MR) is 66.7 cm³/mol. The maximum Gasteiger partial charge on any atom is 0.276 e. The van der Waals surface area contributed by atoms with Crippen molar-refractivity contribution in [3.05, 3.63) is 11.4 Å². The highest BCUT2D eigenvalue weighted by atomic mass is 16.2. The van der Waals surface area contributed by atoms with Crippen molar-refractivity contribution in [3.63, 3.8) is 0 Å². The van der Waals surface area contributed by atoms with Gasteiger partial charge in [0.15, 0.2) is 5.69 Å². The molecule has 0 radical (unpaired) electrons. The van der Waals surface area contributed by atoms with E-state index in [-0.39, 0.29) is 5.91 Å². The first-order valence-corrected chi connectivity index (χ1v) is 6.21. The Balaban J connectivity index is 2.04. The number of nitrogens with zero attached hydrogens (tertiary/aromatic N) is 2. The van der Waals surface area contributed by atoms with Crippen molar-refractivity contribution >= 4 is 11.6 Å². The van der Waals surface area contributed by atoms with Gasteiger partial charge in [-0.15, -0.1) is 0 Å². The summed E-state index contributed by atoms with van der Waals surface area (Å²) in [5.74, 6) is 0.583. The molecule has 0 aliphatic heterocycles. The molecule has 3 N–H and O–H groups in total. The van der Waals surface area contributed by atoms with E-state index in [1.54, 1.807) is 4.90 Å². The number of aromatic nitrogens is 2. The van der Waals surface area contributed by atoms with Gasteiger partial charge in [-0.2, -0.15) is 5.10 Å². The summed E-state index contributed by atoms with van der Waals surface area (Å²) in [6.07, 6.45) is 4.51. The van der Waals surface area contributed by atoms with Gasteiger partial charge in [0.05, 0.1) is 11.4 Å². The Kier molecular flexibility index (Phi) is 3.36. The first kappa shape index (κ1) is 12.0. The number of amides is 1. The number of aromatic amines is 1. The number of carbonyl (C=O) groups excluding carboxylic acids is 1. The van der Waals surface area contributed by atoms with Gasteiger partial charge in [-0.1, -0.05) is 13.3 Å². The molecule has 94 valence electrons. The number of rotatable bonds is 4. The van der Waals surface area contributed by atoms with Crippen LogP contribution in [0.3, 0.4) is 0 Å². The summed E-state index contributed by atoms with van der Waals surface area (Å²) in [7, 11) is 1.82. The molecule has 1 aliphatic carbocycles. The minimum Gasteiger partial charge on any atom is -0.395 e. The third-order valence-corrected chi connectivity index (χ3v) is 3.54. The zero-order chi connectivity index (χ0) is 12.4. The van der Waals surface area contributed by atoms with Crippen LogP contribution < -0.4 is 5.73 Å². The molecule has 0 bridgehead atoms. The average molecular weight is 236 g/mol. The minimum atomic E-state index is -0.0784. The zero-order valence-corrected chi connectivity index (χ0v) is 10.5. The van der Waals surface area contributed by atoms with E-state index < -0.39 is 0 Å². The fraction of sp³-hybridized carbons (Fsp3) is 0.667. The number of nitrogens with one attached hydrogen (secondary N) is 1. The third-order valence-electron chi connectivity index (χ3n) is 3.54. The number of carbonyl (C=O) groups is 1. The molecule has 2 rings (SSSR count). The van der Waals surface area contributed by atoms with E-state index in [4.69, 9.17) is 5.73 Å². The highest BCUT2D eigenvalue weighted by Crippen LogP contribution is 2.27. The Bertz CT molecular complexity index is 409. The lowest BCUT2D eigenvalue weighted by Gasteiger charge is -2.29. The van der Waals surface area contributed by atoms with Gasteiger partial charge in [-0.3, -0.25) is 9.89 Å². The molecule has 0 spiro atoms. The summed E-state index contributed by atoms with van der Waals surface area (Å²) in [5, 5.41) is 6.84.